The molecule has 0 aromatic heterocycles. The second-order valence-electron chi connectivity index (χ2n) is 4.59. The van der Waals surface area contributed by atoms with Crippen LogP contribution < -0.4 is 5.73 Å². The molecule has 2 aliphatic heterocycles. The number of nitrogens with zero attached hydrogens (tertiary/aromatic N) is 1. The largest absolute Gasteiger partial charge is 0.381 e. The number of carbonyl (C=O) groups is 1. The van der Waals surface area contributed by atoms with Crippen LogP contribution in [0.1, 0.15) is 25.7 Å². The van der Waals surface area contributed by atoms with Crippen LogP contribution >= 0.6 is 0 Å². The van der Waals surface area contributed by atoms with E-state index < -0.39 is 0 Å². The molecule has 2 fully saturated rings. The smallest absolute Gasteiger partial charge is 0.239 e. The van der Waals surface area contributed by atoms with E-state index in [1.807, 2.05) is 4.90 Å². The summed E-state index contributed by atoms with van der Waals surface area (Å²) >= 11 is 0. The zero-order valence-electron chi connectivity index (χ0n) is 9.15. The summed E-state index contributed by atoms with van der Waals surface area (Å²) in [5.74, 6) is 0.788. The van der Waals surface area contributed by atoms with Gasteiger partial charge in [-0.15, -0.1) is 0 Å². The van der Waals surface area contributed by atoms with Crippen molar-refractivity contribution in [3.63, 3.8) is 0 Å². The minimum Gasteiger partial charge on any atom is -0.381 e. The predicted molar refractivity (Wildman–Crippen MR) is 57.3 cm³/mol. The second-order valence-corrected chi connectivity index (χ2v) is 4.59. The van der Waals surface area contributed by atoms with E-state index in [0.29, 0.717) is 5.92 Å². The van der Waals surface area contributed by atoms with E-state index >= 15 is 0 Å². The number of hydrogen-bond donors (Lipinski definition) is 1. The summed E-state index contributed by atoms with van der Waals surface area (Å²) in [6.45, 7) is 3.51. The Bertz CT molecular complexity index is 227. The molecule has 1 amide bonds. The number of amides is 1. The van der Waals surface area contributed by atoms with Gasteiger partial charge in [-0.25, -0.2) is 0 Å². The van der Waals surface area contributed by atoms with Crippen molar-refractivity contribution in [1.82, 2.24) is 4.90 Å². The van der Waals surface area contributed by atoms with Crippen molar-refractivity contribution >= 4 is 5.91 Å². The Balaban J connectivity index is 1.75. The van der Waals surface area contributed by atoms with Crippen LogP contribution in [0.15, 0.2) is 0 Å². The number of rotatable bonds is 3. The van der Waals surface area contributed by atoms with E-state index in [0.717, 1.165) is 52.0 Å². The molecule has 4 heteroatoms. The Morgan fingerprint density at radius 3 is 3.07 bits per heavy atom. The van der Waals surface area contributed by atoms with Crippen molar-refractivity contribution in [2.75, 3.05) is 26.3 Å². The standard InChI is InChI=1S/C11H20N2O2/c12-10-2-1-5-13(11(10)14)6-3-9-4-7-15-8-9/h9-10H,1-8,12H2. The zero-order valence-corrected chi connectivity index (χ0v) is 9.15. The highest BCUT2D eigenvalue weighted by Crippen LogP contribution is 2.18. The van der Waals surface area contributed by atoms with Gasteiger partial charge in [-0.3, -0.25) is 4.79 Å². The Labute approximate surface area is 90.8 Å². The molecule has 0 aromatic rings. The van der Waals surface area contributed by atoms with Gasteiger partial charge in [-0.05, 0) is 31.6 Å². The molecule has 0 aliphatic carbocycles. The van der Waals surface area contributed by atoms with E-state index in [1.54, 1.807) is 0 Å². The molecule has 0 spiro atoms. The Morgan fingerprint density at radius 1 is 1.47 bits per heavy atom. The monoisotopic (exact) mass is 212 g/mol. The molecule has 0 aromatic carbocycles. The highest BCUT2D eigenvalue weighted by molar-refractivity contribution is 5.82. The number of nitrogens with two attached hydrogens (primary N) is 1. The quantitative estimate of drug-likeness (QED) is 0.735. The van der Waals surface area contributed by atoms with Crippen LogP contribution in [0.3, 0.4) is 0 Å². The normalized spacial score (nSPS) is 32.3. The number of likely N-dealkylation sites (tertiary alicyclic amines) is 1. The topological polar surface area (TPSA) is 55.6 Å². The van der Waals surface area contributed by atoms with Gasteiger partial charge in [0.05, 0.1) is 6.04 Å². The molecule has 2 N–H and O–H groups in total. The lowest BCUT2D eigenvalue weighted by molar-refractivity contribution is -0.135. The van der Waals surface area contributed by atoms with Gasteiger partial charge in [-0.1, -0.05) is 0 Å². The van der Waals surface area contributed by atoms with Crippen molar-refractivity contribution < 1.29 is 9.53 Å². The van der Waals surface area contributed by atoms with E-state index in [1.165, 1.54) is 0 Å². The first-order valence-corrected chi connectivity index (χ1v) is 5.89. The minimum absolute atomic E-state index is 0.139. The van der Waals surface area contributed by atoms with Crippen molar-refractivity contribution in [3.05, 3.63) is 0 Å². The molecular formula is C11H20N2O2. The lowest BCUT2D eigenvalue weighted by atomic mass is 10.0. The van der Waals surface area contributed by atoms with Crippen LogP contribution in [0.5, 0.6) is 0 Å². The number of ether oxygens (including phenoxy) is 1. The molecule has 2 unspecified atom stereocenters. The van der Waals surface area contributed by atoms with Crippen LogP contribution in [0.4, 0.5) is 0 Å². The van der Waals surface area contributed by atoms with Crippen molar-refractivity contribution in [2.24, 2.45) is 11.7 Å². The molecule has 2 saturated heterocycles. The van der Waals surface area contributed by atoms with Crippen LogP contribution in [0, 0.1) is 5.92 Å². The van der Waals surface area contributed by atoms with Gasteiger partial charge in [0.2, 0.25) is 5.91 Å². The Kier molecular flexibility index (Phi) is 3.59. The van der Waals surface area contributed by atoms with Crippen LogP contribution in [0.25, 0.3) is 0 Å². The Hall–Kier alpha value is -0.610. The van der Waals surface area contributed by atoms with E-state index in [9.17, 15) is 4.79 Å². The lowest BCUT2D eigenvalue weighted by Gasteiger charge is -2.31. The average molecular weight is 212 g/mol. The molecule has 2 aliphatic rings. The maximum atomic E-state index is 11.7. The molecule has 2 atom stereocenters. The first-order valence-electron chi connectivity index (χ1n) is 5.89. The highest BCUT2D eigenvalue weighted by atomic mass is 16.5. The average Bonchev–Trinajstić information content (AvgIpc) is 2.73. The van der Waals surface area contributed by atoms with Gasteiger partial charge in [0, 0.05) is 26.3 Å². The minimum atomic E-state index is -0.251. The summed E-state index contributed by atoms with van der Waals surface area (Å²) in [7, 11) is 0. The molecule has 0 radical (unpaired) electrons. The van der Waals surface area contributed by atoms with Gasteiger partial charge < -0.3 is 15.4 Å². The first-order chi connectivity index (χ1) is 7.27. The third-order valence-electron chi connectivity index (χ3n) is 3.40. The third kappa shape index (κ3) is 2.69. The van der Waals surface area contributed by atoms with Gasteiger partial charge >= 0.3 is 0 Å². The summed E-state index contributed by atoms with van der Waals surface area (Å²) in [5.41, 5.74) is 5.74. The lowest BCUT2D eigenvalue weighted by Crippen LogP contribution is -2.48. The molecular weight excluding hydrogens is 192 g/mol. The molecule has 86 valence electrons. The Morgan fingerprint density at radius 2 is 2.33 bits per heavy atom. The van der Waals surface area contributed by atoms with Gasteiger partial charge in [0.1, 0.15) is 0 Å². The van der Waals surface area contributed by atoms with E-state index in [-0.39, 0.29) is 11.9 Å². The second kappa shape index (κ2) is 4.94. The van der Waals surface area contributed by atoms with E-state index in [4.69, 9.17) is 10.5 Å². The number of piperidine rings is 1. The van der Waals surface area contributed by atoms with Crippen LogP contribution in [0.2, 0.25) is 0 Å². The van der Waals surface area contributed by atoms with Crippen molar-refractivity contribution in [1.29, 1.82) is 0 Å². The maximum absolute atomic E-state index is 11.7. The zero-order chi connectivity index (χ0) is 10.7. The number of carbonyl (C=O) groups excluding carboxylic acids is 1. The first kappa shape index (κ1) is 10.9. The van der Waals surface area contributed by atoms with Gasteiger partial charge in [0.25, 0.3) is 0 Å². The van der Waals surface area contributed by atoms with Crippen molar-refractivity contribution in [3.8, 4) is 0 Å². The fraction of sp³-hybridized carbons (Fsp3) is 0.909. The van der Waals surface area contributed by atoms with Gasteiger partial charge in [-0.2, -0.15) is 0 Å². The molecule has 4 nitrogen and oxygen atoms in total. The van der Waals surface area contributed by atoms with Gasteiger partial charge in [0.15, 0.2) is 0 Å². The number of hydrogen-bond acceptors (Lipinski definition) is 3. The molecule has 0 saturated carbocycles. The summed E-state index contributed by atoms with van der Waals surface area (Å²) in [6, 6.07) is -0.251. The van der Waals surface area contributed by atoms with Crippen molar-refractivity contribution in [2.45, 2.75) is 31.7 Å². The predicted octanol–water partition coefficient (Wildman–Crippen LogP) is 0.363. The molecule has 15 heavy (non-hydrogen) atoms. The SMILES string of the molecule is NC1CCCN(CCC2CCOC2)C1=O. The molecule has 0 bridgehead atoms. The van der Waals surface area contributed by atoms with Crippen LogP contribution in [-0.2, 0) is 9.53 Å². The molecule has 2 rings (SSSR count). The van der Waals surface area contributed by atoms with E-state index in [2.05, 4.69) is 0 Å². The van der Waals surface area contributed by atoms with Crippen LogP contribution in [-0.4, -0.2) is 43.2 Å². The summed E-state index contributed by atoms with van der Waals surface area (Å²) in [6.07, 6.45) is 4.11. The maximum Gasteiger partial charge on any atom is 0.239 e. The summed E-state index contributed by atoms with van der Waals surface area (Å²) in [5, 5.41) is 0. The fourth-order valence-electron chi connectivity index (χ4n) is 2.34. The molecule has 2 heterocycles. The third-order valence-corrected chi connectivity index (χ3v) is 3.40. The summed E-state index contributed by atoms with van der Waals surface area (Å²) < 4.78 is 5.32. The highest BCUT2D eigenvalue weighted by Gasteiger charge is 2.26. The summed E-state index contributed by atoms with van der Waals surface area (Å²) in [4.78, 5) is 13.6. The fourth-order valence-corrected chi connectivity index (χ4v) is 2.34.